The number of hydrogen-bond donors (Lipinski definition) is 3. The van der Waals surface area contributed by atoms with Gasteiger partial charge in [-0.1, -0.05) is 0 Å². The van der Waals surface area contributed by atoms with Gasteiger partial charge in [0.15, 0.2) is 29.1 Å². The molecule has 3 N–H and O–H groups in total. The minimum Gasteiger partial charge on any atom is -0.380 e. The molecule has 0 aliphatic carbocycles. The molecule has 25 heavy (non-hydrogen) atoms. The maximum Gasteiger partial charge on any atom is 0.194 e. The number of aromatic amines is 1. The summed E-state index contributed by atoms with van der Waals surface area (Å²) in [6.07, 6.45) is -1.66. The molecule has 0 bridgehead atoms. The standard InChI is InChI=1S/C16H14F3N5O/c1-7-5-11(21-12-6-8(2)23-24-12)22-16(20-7)15(25)9-3-4-10(17)14(19)13(9)18/h3-6,15,25H,1-2H3,(H2,20,21,22,23,24). The second-order valence-electron chi connectivity index (χ2n) is 5.48. The van der Waals surface area contributed by atoms with Crippen molar-refractivity contribution in [3.63, 3.8) is 0 Å². The number of benzene rings is 1. The highest BCUT2D eigenvalue weighted by Gasteiger charge is 2.23. The van der Waals surface area contributed by atoms with Crippen LogP contribution in [-0.2, 0) is 0 Å². The number of H-pyrrole nitrogens is 1. The molecule has 0 aliphatic rings. The number of hydrogen-bond acceptors (Lipinski definition) is 5. The van der Waals surface area contributed by atoms with E-state index in [0.717, 1.165) is 17.8 Å². The van der Waals surface area contributed by atoms with Gasteiger partial charge < -0.3 is 10.4 Å². The maximum absolute atomic E-state index is 13.9. The van der Waals surface area contributed by atoms with Crippen LogP contribution >= 0.6 is 0 Å². The fourth-order valence-corrected chi connectivity index (χ4v) is 2.28. The summed E-state index contributed by atoms with van der Waals surface area (Å²) in [4.78, 5) is 8.14. The van der Waals surface area contributed by atoms with E-state index in [0.29, 0.717) is 17.3 Å². The van der Waals surface area contributed by atoms with Crippen LogP contribution in [0.4, 0.5) is 24.8 Å². The van der Waals surface area contributed by atoms with Crippen molar-refractivity contribution in [2.75, 3.05) is 5.32 Å². The Balaban J connectivity index is 1.95. The molecule has 0 spiro atoms. The Labute approximate surface area is 140 Å². The summed E-state index contributed by atoms with van der Waals surface area (Å²) in [5.41, 5.74) is 0.866. The van der Waals surface area contributed by atoms with Crippen LogP contribution in [0.3, 0.4) is 0 Å². The zero-order valence-electron chi connectivity index (χ0n) is 13.3. The lowest BCUT2D eigenvalue weighted by atomic mass is 10.1. The maximum atomic E-state index is 13.9. The molecule has 1 aromatic carbocycles. The monoisotopic (exact) mass is 349 g/mol. The van der Waals surface area contributed by atoms with Gasteiger partial charge in [0.1, 0.15) is 11.9 Å². The Bertz CT molecular complexity index is 928. The van der Waals surface area contributed by atoms with E-state index in [1.54, 1.807) is 19.1 Å². The molecule has 6 nitrogen and oxygen atoms in total. The van der Waals surface area contributed by atoms with Crippen molar-refractivity contribution in [3.05, 3.63) is 64.5 Å². The van der Waals surface area contributed by atoms with Gasteiger partial charge in [-0.2, -0.15) is 5.10 Å². The Morgan fingerprint density at radius 2 is 1.80 bits per heavy atom. The van der Waals surface area contributed by atoms with Gasteiger partial charge in [-0.05, 0) is 26.0 Å². The summed E-state index contributed by atoms with van der Waals surface area (Å²) in [5, 5.41) is 20.0. The number of nitrogens with zero attached hydrogens (tertiary/aromatic N) is 3. The summed E-state index contributed by atoms with van der Waals surface area (Å²) in [6.45, 7) is 3.48. The van der Waals surface area contributed by atoms with Crippen LogP contribution in [0, 0.1) is 31.3 Å². The number of aryl methyl sites for hydroxylation is 2. The summed E-state index contributed by atoms with van der Waals surface area (Å²) in [7, 11) is 0. The molecule has 0 radical (unpaired) electrons. The molecular weight excluding hydrogens is 335 g/mol. The molecule has 2 heterocycles. The SMILES string of the molecule is Cc1cc(Nc2cc(C)[nH]n2)nc(C(O)c2ccc(F)c(F)c2F)n1. The first-order valence-corrected chi connectivity index (χ1v) is 7.31. The molecule has 1 unspecified atom stereocenters. The van der Waals surface area contributed by atoms with Gasteiger partial charge in [-0.25, -0.2) is 23.1 Å². The minimum absolute atomic E-state index is 0.153. The Morgan fingerprint density at radius 1 is 1.04 bits per heavy atom. The van der Waals surface area contributed by atoms with Crippen LogP contribution in [-0.4, -0.2) is 25.3 Å². The number of nitrogens with one attached hydrogen (secondary N) is 2. The van der Waals surface area contributed by atoms with Crippen molar-refractivity contribution in [1.29, 1.82) is 0 Å². The number of aromatic nitrogens is 4. The molecule has 1 atom stereocenters. The molecule has 9 heteroatoms. The summed E-state index contributed by atoms with van der Waals surface area (Å²) in [5.74, 6) is -3.81. The highest BCUT2D eigenvalue weighted by Crippen LogP contribution is 2.26. The third-order valence-electron chi connectivity index (χ3n) is 3.44. The average molecular weight is 349 g/mol. The van der Waals surface area contributed by atoms with Crippen molar-refractivity contribution in [2.24, 2.45) is 0 Å². The van der Waals surface area contributed by atoms with E-state index in [1.165, 1.54) is 0 Å². The molecule has 0 fully saturated rings. The predicted molar refractivity (Wildman–Crippen MR) is 83.8 cm³/mol. The van der Waals surface area contributed by atoms with Gasteiger partial charge in [0.05, 0.1) is 0 Å². The zero-order valence-corrected chi connectivity index (χ0v) is 13.3. The van der Waals surface area contributed by atoms with Gasteiger partial charge in [0.2, 0.25) is 0 Å². The van der Waals surface area contributed by atoms with E-state index < -0.39 is 29.1 Å². The van der Waals surface area contributed by atoms with Gasteiger partial charge in [-0.15, -0.1) is 0 Å². The fraction of sp³-hybridized carbons (Fsp3) is 0.188. The normalized spacial score (nSPS) is 12.2. The first-order valence-electron chi connectivity index (χ1n) is 7.31. The van der Waals surface area contributed by atoms with Crippen LogP contribution < -0.4 is 5.32 Å². The van der Waals surface area contributed by atoms with Gasteiger partial charge in [0, 0.05) is 29.1 Å². The van der Waals surface area contributed by atoms with Crippen molar-refractivity contribution in [2.45, 2.75) is 20.0 Å². The highest BCUT2D eigenvalue weighted by atomic mass is 19.2. The Morgan fingerprint density at radius 3 is 2.48 bits per heavy atom. The second kappa shape index (κ2) is 6.52. The quantitative estimate of drug-likeness (QED) is 0.630. The first-order chi connectivity index (χ1) is 11.8. The van der Waals surface area contributed by atoms with E-state index in [2.05, 4.69) is 25.5 Å². The number of anilines is 2. The number of halogens is 3. The molecule has 0 saturated heterocycles. The van der Waals surface area contributed by atoms with Crippen LogP contribution in [0.25, 0.3) is 0 Å². The topological polar surface area (TPSA) is 86.7 Å². The Hall–Kier alpha value is -2.94. The van der Waals surface area contributed by atoms with Gasteiger partial charge >= 0.3 is 0 Å². The number of rotatable bonds is 4. The average Bonchev–Trinajstić information content (AvgIpc) is 2.96. The predicted octanol–water partition coefficient (Wildman–Crippen LogP) is 3.06. The third-order valence-corrected chi connectivity index (χ3v) is 3.44. The largest absolute Gasteiger partial charge is 0.380 e. The second-order valence-corrected chi connectivity index (χ2v) is 5.48. The smallest absolute Gasteiger partial charge is 0.194 e. The lowest BCUT2D eigenvalue weighted by molar-refractivity contribution is 0.202. The molecule has 2 aromatic heterocycles. The van der Waals surface area contributed by atoms with Crippen molar-refractivity contribution >= 4 is 11.6 Å². The lowest BCUT2D eigenvalue weighted by Gasteiger charge is -2.13. The van der Waals surface area contributed by atoms with Crippen molar-refractivity contribution in [1.82, 2.24) is 20.2 Å². The summed E-state index contributed by atoms with van der Waals surface area (Å²) < 4.78 is 40.3. The fourth-order valence-electron chi connectivity index (χ4n) is 2.28. The van der Waals surface area contributed by atoms with E-state index in [9.17, 15) is 18.3 Å². The summed E-state index contributed by atoms with van der Waals surface area (Å²) >= 11 is 0. The van der Waals surface area contributed by atoms with Crippen molar-refractivity contribution in [3.8, 4) is 0 Å². The highest BCUT2D eigenvalue weighted by molar-refractivity contribution is 5.52. The first kappa shape index (κ1) is 16.9. The molecule has 130 valence electrons. The van der Waals surface area contributed by atoms with E-state index in [1.807, 2.05) is 6.92 Å². The van der Waals surface area contributed by atoms with Gasteiger partial charge in [0.25, 0.3) is 0 Å². The molecule has 0 amide bonds. The third kappa shape index (κ3) is 3.45. The van der Waals surface area contributed by atoms with Gasteiger partial charge in [-0.3, -0.25) is 5.10 Å². The molecule has 3 aromatic rings. The van der Waals surface area contributed by atoms with Crippen LogP contribution in [0.1, 0.15) is 28.9 Å². The molecule has 3 rings (SSSR count). The molecule has 0 saturated carbocycles. The lowest BCUT2D eigenvalue weighted by Crippen LogP contribution is -2.11. The molecule has 0 aliphatic heterocycles. The zero-order chi connectivity index (χ0) is 18.1. The van der Waals surface area contributed by atoms with Crippen LogP contribution in [0.2, 0.25) is 0 Å². The summed E-state index contributed by atoms with van der Waals surface area (Å²) in [6, 6.07) is 5.02. The van der Waals surface area contributed by atoms with E-state index in [-0.39, 0.29) is 5.82 Å². The number of aliphatic hydroxyl groups excluding tert-OH is 1. The van der Waals surface area contributed by atoms with Crippen molar-refractivity contribution < 1.29 is 18.3 Å². The number of aliphatic hydroxyl groups is 1. The van der Waals surface area contributed by atoms with E-state index >= 15 is 0 Å². The Kier molecular flexibility index (Phi) is 4.41. The molecular formula is C16H14F3N5O. The van der Waals surface area contributed by atoms with Crippen LogP contribution in [0.5, 0.6) is 0 Å². The van der Waals surface area contributed by atoms with E-state index in [4.69, 9.17) is 0 Å². The van der Waals surface area contributed by atoms with Crippen LogP contribution in [0.15, 0.2) is 24.3 Å². The minimum atomic E-state index is -1.66.